The predicted octanol–water partition coefficient (Wildman–Crippen LogP) is 7.70. The van der Waals surface area contributed by atoms with E-state index >= 15 is 0 Å². The van der Waals surface area contributed by atoms with E-state index in [2.05, 4.69) is 61.6 Å². The number of fused-ring (bicyclic) bond motifs is 4. The van der Waals surface area contributed by atoms with Crippen molar-refractivity contribution in [1.29, 1.82) is 0 Å². The lowest BCUT2D eigenvalue weighted by Gasteiger charge is -2.55. The zero-order chi connectivity index (χ0) is 31.8. The second-order valence-electron chi connectivity index (χ2n) is 15.2. The molecular weight excluding hydrogens is 560 g/mol. The van der Waals surface area contributed by atoms with Gasteiger partial charge < -0.3 is 19.3 Å². The molecule has 0 amide bonds. The SMILES string of the molecule is CC1(C)COC2(CCC3=C4C(c5ccc(C#Cc6cccc(C=O)c6)cc5)CC5(C)C(O)CCC5C4CCC3C2)OC1.COC. The standard InChI is InChI=1S/C38H44O4.C2H6O/c1-36(2)23-41-38(42-24-36)18-17-30-29(20-38)13-14-31-33-15-16-34(40)37(33,3)21-32(35(30)31)28-11-9-25(10-12-28)7-8-26-5-4-6-27(19-26)22-39;1-3-2/h4-6,9-12,19,22,29,31-34,40H,13-18,20-21,23-24H2,1-3H3;1-2H3. The number of carbonyl (C=O) groups is 1. The molecule has 4 aliphatic carbocycles. The van der Waals surface area contributed by atoms with Crippen molar-refractivity contribution in [3.8, 4) is 11.8 Å². The van der Waals surface area contributed by atoms with E-state index < -0.39 is 5.79 Å². The molecule has 1 saturated heterocycles. The van der Waals surface area contributed by atoms with E-state index in [1.54, 1.807) is 31.4 Å². The van der Waals surface area contributed by atoms with Crippen LogP contribution < -0.4 is 0 Å². The predicted molar refractivity (Wildman–Crippen MR) is 177 cm³/mol. The van der Waals surface area contributed by atoms with Gasteiger partial charge in [-0.1, -0.05) is 68.0 Å². The van der Waals surface area contributed by atoms with Crippen molar-refractivity contribution < 1.29 is 24.1 Å². The number of aliphatic hydroxyl groups excluding tert-OH is 1. The van der Waals surface area contributed by atoms with Crippen LogP contribution in [0.5, 0.6) is 0 Å². The lowest BCUT2D eigenvalue weighted by atomic mass is 9.52. The Labute approximate surface area is 269 Å². The molecule has 5 nitrogen and oxygen atoms in total. The van der Waals surface area contributed by atoms with Gasteiger partial charge in [-0.2, -0.15) is 0 Å². The molecule has 6 unspecified atom stereocenters. The maximum atomic E-state index is 11.2. The first-order valence-corrected chi connectivity index (χ1v) is 16.9. The van der Waals surface area contributed by atoms with Crippen LogP contribution in [0.2, 0.25) is 0 Å². The van der Waals surface area contributed by atoms with Gasteiger partial charge >= 0.3 is 0 Å². The maximum Gasteiger partial charge on any atom is 0.169 e. The van der Waals surface area contributed by atoms with Crippen molar-refractivity contribution in [2.75, 3.05) is 27.4 Å². The Balaban J connectivity index is 0.00000115. The van der Waals surface area contributed by atoms with E-state index in [1.807, 2.05) is 18.2 Å². The summed E-state index contributed by atoms with van der Waals surface area (Å²) in [6, 6.07) is 16.3. The number of ether oxygens (including phenoxy) is 3. The summed E-state index contributed by atoms with van der Waals surface area (Å²) in [6.45, 7) is 8.36. The number of carbonyl (C=O) groups excluding carboxylic acids is 1. The van der Waals surface area contributed by atoms with Crippen molar-refractivity contribution in [2.24, 2.45) is 28.6 Å². The highest BCUT2D eigenvalue weighted by Gasteiger charge is 2.57. The second kappa shape index (κ2) is 12.8. The number of aldehydes is 1. The van der Waals surface area contributed by atoms with Crippen LogP contribution in [-0.4, -0.2) is 50.7 Å². The van der Waals surface area contributed by atoms with Gasteiger partial charge in [-0.05, 0) is 91.5 Å². The molecule has 45 heavy (non-hydrogen) atoms. The molecule has 240 valence electrons. The van der Waals surface area contributed by atoms with Gasteiger partial charge in [0.05, 0.1) is 19.3 Å². The smallest absolute Gasteiger partial charge is 0.169 e. The topological polar surface area (TPSA) is 65.0 Å². The molecule has 1 heterocycles. The number of rotatable bonds is 2. The first-order chi connectivity index (χ1) is 21.6. The summed E-state index contributed by atoms with van der Waals surface area (Å²) >= 11 is 0. The van der Waals surface area contributed by atoms with Crippen LogP contribution in [0, 0.1) is 40.4 Å². The van der Waals surface area contributed by atoms with Crippen molar-refractivity contribution in [3.05, 3.63) is 81.9 Å². The number of allylic oxidation sites excluding steroid dienone is 2. The number of methoxy groups -OCH3 is 1. The summed E-state index contributed by atoms with van der Waals surface area (Å²) in [5.41, 5.74) is 7.23. The number of benzene rings is 2. The summed E-state index contributed by atoms with van der Waals surface area (Å²) in [5, 5.41) is 11.2. The molecule has 0 aromatic heterocycles. The molecule has 1 spiro atoms. The highest BCUT2D eigenvalue weighted by molar-refractivity contribution is 5.75. The normalized spacial score (nSPS) is 32.6. The molecule has 1 aliphatic heterocycles. The Kier molecular flexibility index (Phi) is 9.16. The summed E-state index contributed by atoms with van der Waals surface area (Å²) in [5.74, 6) is 8.07. The van der Waals surface area contributed by atoms with E-state index in [1.165, 1.54) is 18.4 Å². The third-order valence-corrected chi connectivity index (χ3v) is 11.4. The van der Waals surface area contributed by atoms with Crippen LogP contribution in [0.4, 0.5) is 0 Å². The van der Waals surface area contributed by atoms with Gasteiger partial charge in [-0.3, -0.25) is 4.79 Å². The molecule has 7 rings (SSSR count). The molecule has 0 bridgehead atoms. The summed E-state index contributed by atoms with van der Waals surface area (Å²) in [4.78, 5) is 11.1. The van der Waals surface area contributed by atoms with Crippen molar-refractivity contribution >= 4 is 6.29 Å². The lowest BCUT2D eigenvalue weighted by Crippen LogP contribution is -2.52. The van der Waals surface area contributed by atoms with Gasteiger partial charge in [-0.15, -0.1) is 0 Å². The molecule has 0 radical (unpaired) electrons. The molecule has 6 atom stereocenters. The first-order valence-electron chi connectivity index (χ1n) is 16.9. The van der Waals surface area contributed by atoms with E-state index in [0.29, 0.717) is 29.2 Å². The summed E-state index contributed by atoms with van der Waals surface area (Å²) < 4.78 is 17.2. The first kappa shape index (κ1) is 32.2. The Morgan fingerprint density at radius 2 is 1.62 bits per heavy atom. The number of hydrogen-bond acceptors (Lipinski definition) is 5. The molecule has 2 aromatic rings. The second-order valence-corrected chi connectivity index (χ2v) is 15.2. The molecule has 2 aromatic carbocycles. The highest BCUT2D eigenvalue weighted by Crippen LogP contribution is 2.65. The zero-order valence-corrected chi connectivity index (χ0v) is 27.7. The lowest BCUT2D eigenvalue weighted by molar-refractivity contribution is -0.312. The van der Waals surface area contributed by atoms with Crippen LogP contribution in [0.3, 0.4) is 0 Å². The Hall–Kier alpha value is -2.75. The van der Waals surface area contributed by atoms with Crippen LogP contribution >= 0.6 is 0 Å². The van der Waals surface area contributed by atoms with Crippen molar-refractivity contribution in [3.63, 3.8) is 0 Å². The number of aliphatic hydroxyl groups is 1. The highest BCUT2D eigenvalue weighted by atomic mass is 16.7. The molecule has 1 N–H and O–H groups in total. The van der Waals surface area contributed by atoms with Crippen molar-refractivity contribution in [2.45, 2.75) is 89.9 Å². The average molecular weight is 611 g/mol. The summed E-state index contributed by atoms with van der Waals surface area (Å²) in [7, 11) is 3.25. The van der Waals surface area contributed by atoms with Crippen LogP contribution in [-0.2, 0) is 14.2 Å². The molecule has 5 heteroatoms. The Morgan fingerprint density at radius 1 is 0.911 bits per heavy atom. The fourth-order valence-electron chi connectivity index (χ4n) is 9.13. The molecule has 4 fully saturated rings. The molecule has 5 aliphatic rings. The van der Waals surface area contributed by atoms with Gasteiger partial charge in [0.15, 0.2) is 5.79 Å². The van der Waals surface area contributed by atoms with Crippen LogP contribution in [0.15, 0.2) is 59.7 Å². The van der Waals surface area contributed by atoms with Gasteiger partial charge in [0.25, 0.3) is 0 Å². The fraction of sp³-hybridized carbons (Fsp3) is 0.575. The summed E-state index contributed by atoms with van der Waals surface area (Å²) in [6.07, 6.45) is 9.11. The minimum absolute atomic E-state index is 0.0363. The Bertz CT molecular complexity index is 1470. The largest absolute Gasteiger partial charge is 0.393 e. The molecular formula is C40H50O5. The van der Waals surface area contributed by atoms with E-state index in [0.717, 1.165) is 69.2 Å². The monoisotopic (exact) mass is 610 g/mol. The third kappa shape index (κ3) is 6.32. The Morgan fingerprint density at radius 3 is 2.33 bits per heavy atom. The number of hydrogen-bond donors (Lipinski definition) is 1. The van der Waals surface area contributed by atoms with E-state index in [-0.39, 0.29) is 16.9 Å². The van der Waals surface area contributed by atoms with Crippen molar-refractivity contribution in [1.82, 2.24) is 0 Å². The van der Waals surface area contributed by atoms with Gasteiger partial charge in [-0.25, -0.2) is 0 Å². The van der Waals surface area contributed by atoms with Gasteiger partial charge in [0.1, 0.15) is 6.29 Å². The minimum Gasteiger partial charge on any atom is -0.393 e. The minimum atomic E-state index is -0.412. The van der Waals surface area contributed by atoms with Crippen LogP contribution in [0.25, 0.3) is 0 Å². The van der Waals surface area contributed by atoms with Gasteiger partial charge in [0.2, 0.25) is 0 Å². The zero-order valence-electron chi connectivity index (χ0n) is 27.7. The van der Waals surface area contributed by atoms with Crippen LogP contribution in [0.1, 0.15) is 105 Å². The van der Waals surface area contributed by atoms with E-state index in [4.69, 9.17) is 9.47 Å². The fourth-order valence-corrected chi connectivity index (χ4v) is 9.13. The average Bonchev–Trinajstić information content (AvgIpc) is 3.35. The quantitative estimate of drug-likeness (QED) is 0.214. The van der Waals surface area contributed by atoms with Gasteiger partial charge in [0, 0.05) is 55.1 Å². The molecule has 3 saturated carbocycles. The maximum absolute atomic E-state index is 11.2. The third-order valence-electron chi connectivity index (χ3n) is 11.4. The van der Waals surface area contributed by atoms with E-state index in [9.17, 15) is 9.90 Å².